The van der Waals surface area contributed by atoms with Gasteiger partial charge in [-0.3, -0.25) is 4.79 Å². The first-order chi connectivity index (χ1) is 6.05. The normalized spacial score (nSPS) is 14.7. The molecule has 76 valence electrons. The average molecular weight is 187 g/mol. The molecule has 0 aromatic carbocycles. The summed E-state index contributed by atoms with van der Waals surface area (Å²) in [6.45, 7) is 3.69. The average Bonchev–Trinajstić information content (AvgIpc) is 2.12. The van der Waals surface area contributed by atoms with Crippen LogP contribution in [0.3, 0.4) is 0 Å². The van der Waals surface area contributed by atoms with Gasteiger partial charge in [-0.15, -0.1) is 0 Å². The van der Waals surface area contributed by atoms with E-state index in [1.807, 2.05) is 6.92 Å². The van der Waals surface area contributed by atoms with E-state index in [0.717, 1.165) is 6.42 Å². The van der Waals surface area contributed by atoms with Gasteiger partial charge in [-0.1, -0.05) is 20.3 Å². The molecule has 0 aliphatic heterocycles. The molecule has 4 heteroatoms. The van der Waals surface area contributed by atoms with Gasteiger partial charge in [-0.25, -0.2) is 4.79 Å². The van der Waals surface area contributed by atoms with E-state index in [1.54, 1.807) is 6.92 Å². The summed E-state index contributed by atoms with van der Waals surface area (Å²) in [4.78, 5) is 22.8. The zero-order chi connectivity index (χ0) is 10.5. The molecule has 0 bridgehead atoms. The highest BCUT2D eigenvalue weighted by Crippen LogP contribution is 2.23. The van der Waals surface area contributed by atoms with Crippen molar-refractivity contribution < 1.29 is 14.7 Å². The second-order valence-electron chi connectivity index (χ2n) is 3.16. The zero-order valence-electron chi connectivity index (χ0n) is 8.41. The van der Waals surface area contributed by atoms with Gasteiger partial charge in [-0.05, 0) is 12.8 Å². The van der Waals surface area contributed by atoms with Gasteiger partial charge < -0.3 is 10.0 Å². The molecule has 0 fully saturated rings. The maximum absolute atomic E-state index is 11.0. The van der Waals surface area contributed by atoms with Crippen molar-refractivity contribution in [3.63, 3.8) is 0 Å². The van der Waals surface area contributed by atoms with E-state index in [9.17, 15) is 9.59 Å². The van der Waals surface area contributed by atoms with Crippen molar-refractivity contribution in [3.8, 4) is 0 Å². The van der Waals surface area contributed by atoms with Crippen LogP contribution >= 0.6 is 0 Å². The van der Waals surface area contributed by atoms with Crippen LogP contribution in [0.15, 0.2) is 0 Å². The van der Waals surface area contributed by atoms with Crippen LogP contribution in [-0.2, 0) is 9.59 Å². The number of aliphatic carboxylic acids is 1. The highest BCUT2D eigenvalue weighted by molar-refractivity contribution is 5.81. The molecule has 1 amide bonds. The molecule has 4 nitrogen and oxygen atoms in total. The minimum atomic E-state index is -1.02. The van der Waals surface area contributed by atoms with Crippen molar-refractivity contribution in [2.45, 2.75) is 38.6 Å². The number of carboxylic acids is 1. The molecule has 0 aliphatic carbocycles. The first kappa shape index (κ1) is 11.9. The zero-order valence-corrected chi connectivity index (χ0v) is 8.41. The van der Waals surface area contributed by atoms with Gasteiger partial charge in [0, 0.05) is 7.05 Å². The van der Waals surface area contributed by atoms with Crippen LogP contribution in [0.4, 0.5) is 0 Å². The molecule has 0 aromatic heterocycles. The number of likely N-dealkylation sites (N-methyl/N-ethyl adjacent to an activating group) is 1. The van der Waals surface area contributed by atoms with Gasteiger partial charge in [0.05, 0.1) is 0 Å². The Bertz CT molecular complexity index is 193. The largest absolute Gasteiger partial charge is 0.479 e. The maximum Gasteiger partial charge on any atom is 0.329 e. The highest BCUT2D eigenvalue weighted by atomic mass is 16.4. The Morgan fingerprint density at radius 1 is 1.54 bits per heavy atom. The monoisotopic (exact) mass is 187 g/mol. The smallest absolute Gasteiger partial charge is 0.329 e. The fourth-order valence-electron chi connectivity index (χ4n) is 1.53. The number of carboxylic acid groups (broad SMARTS) is 1. The molecule has 0 aliphatic rings. The number of carbonyl (C=O) groups excluding carboxylic acids is 1. The second-order valence-corrected chi connectivity index (χ2v) is 3.16. The van der Waals surface area contributed by atoms with Crippen LogP contribution in [-0.4, -0.2) is 35.0 Å². The molecule has 0 saturated carbocycles. The number of nitrogens with zero attached hydrogens (tertiary/aromatic N) is 1. The Balaban J connectivity index is 4.84. The standard InChI is InChI=1S/C9H17NO3/c1-4-6-9(5-2,8(12)13)10(3)7-11/h7H,4-6H2,1-3H3,(H,12,13). The lowest BCUT2D eigenvalue weighted by molar-refractivity contribution is -0.154. The molecule has 13 heavy (non-hydrogen) atoms. The third kappa shape index (κ3) is 2.20. The molecule has 1 N–H and O–H groups in total. The summed E-state index contributed by atoms with van der Waals surface area (Å²) in [6, 6.07) is 0. The maximum atomic E-state index is 11.0. The number of carbonyl (C=O) groups is 2. The van der Waals surface area contributed by atoms with E-state index >= 15 is 0 Å². The minimum Gasteiger partial charge on any atom is -0.479 e. The Morgan fingerprint density at radius 3 is 2.31 bits per heavy atom. The first-order valence-corrected chi connectivity index (χ1v) is 4.46. The van der Waals surface area contributed by atoms with Gasteiger partial charge in [0.2, 0.25) is 6.41 Å². The van der Waals surface area contributed by atoms with Crippen molar-refractivity contribution in [2.24, 2.45) is 0 Å². The summed E-state index contributed by atoms with van der Waals surface area (Å²) in [6.07, 6.45) is 2.26. The lowest BCUT2D eigenvalue weighted by Gasteiger charge is -2.34. The molecule has 0 rings (SSSR count). The third-order valence-electron chi connectivity index (χ3n) is 2.48. The quantitative estimate of drug-likeness (QED) is 0.634. The number of rotatable bonds is 6. The Hall–Kier alpha value is -1.06. The van der Waals surface area contributed by atoms with E-state index in [2.05, 4.69) is 0 Å². The van der Waals surface area contributed by atoms with Gasteiger partial charge in [-0.2, -0.15) is 0 Å². The summed E-state index contributed by atoms with van der Waals surface area (Å²) in [7, 11) is 1.51. The topological polar surface area (TPSA) is 57.6 Å². The molecular formula is C9H17NO3. The molecule has 0 saturated heterocycles. The molecular weight excluding hydrogens is 170 g/mol. The fraction of sp³-hybridized carbons (Fsp3) is 0.778. The lowest BCUT2D eigenvalue weighted by atomic mass is 9.89. The molecule has 1 unspecified atom stereocenters. The molecule has 0 radical (unpaired) electrons. The number of hydrogen-bond acceptors (Lipinski definition) is 2. The van der Waals surface area contributed by atoms with Crippen LogP contribution < -0.4 is 0 Å². The van der Waals surface area contributed by atoms with E-state index in [-0.39, 0.29) is 0 Å². The molecule has 0 spiro atoms. The van der Waals surface area contributed by atoms with Crippen molar-refractivity contribution in [3.05, 3.63) is 0 Å². The molecule has 1 atom stereocenters. The summed E-state index contributed by atoms with van der Waals surface area (Å²) in [5, 5.41) is 9.06. The van der Waals surface area contributed by atoms with Crippen LogP contribution in [0, 0.1) is 0 Å². The Kier molecular flexibility index (Phi) is 4.45. The van der Waals surface area contributed by atoms with Crippen LogP contribution in [0.5, 0.6) is 0 Å². The lowest BCUT2D eigenvalue weighted by Crippen LogP contribution is -2.51. The molecule has 0 heterocycles. The third-order valence-corrected chi connectivity index (χ3v) is 2.48. The van der Waals surface area contributed by atoms with Gasteiger partial charge in [0.1, 0.15) is 5.54 Å². The minimum absolute atomic E-state index is 0.436. The van der Waals surface area contributed by atoms with Crippen molar-refractivity contribution >= 4 is 12.4 Å². The SMILES string of the molecule is CCCC(CC)(C(=O)O)N(C)C=O. The van der Waals surface area contributed by atoms with Crippen LogP contribution in [0.1, 0.15) is 33.1 Å². The van der Waals surface area contributed by atoms with Crippen molar-refractivity contribution in [1.29, 1.82) is 0 Å². The first-order valence-electron chi connectivity index (χ1n) is 4.46. The van der Waals surface area contributed by atoms with Gasteiger partial charge in [0.25, 0.3) is 0 Å². The van der Waals surface area contributed by atoms with E-state index < -0.39 is 11.5 Å². The van der Waals surface area contributed by atoms with E-state index in [0.29, 0.717) is 19.3 Å². The Morgan fingerprint density at radius 2 is 2.08 bits per heavy atom. The summed E-state index contributed by atoms with van der Waals surface area (Å²) < 4.78 is 0. The summed E-state index contributed by atoms with van der Waals surface area (Å²) in [5.41, 5.74) is -1.02. The predicted molar refractivity (Wildman–Crippen MR) is 49.4 cm³/mol. The summed E-state index contributed by atoms with van der Waals surface area (Å²) in [5.74, 6) is -0.925. The van der Waals surface area contributed by atoms with Crippen LogP contribution in [0.2, 0.25) is 0 Å². The Labute approximate surface area is 78.5 Å². The fourth-order valence-corrected chi connectivity index (χ4v) is 1.53. The predicted octanol–water partition coefficient (Wildman–Crippen LogP) is 1.11. The van der Waals surface area contributed by atoms with Crippen molar-refractivity contribution in [2.75, 3.05) is 7.05 Å². The van der Waals surface area contributed by atoms with E-state index in [1.165, 1.54) is 11.9 Å². The number of amides is 1. The molecule has 0 aromatic rings. The number of hydrogen-bond donors (Lipinski definition) is 1. The summed E-state index contributed by atoms with van der Waals surface area (Å²) >= 11 is 0. The van der Waals surface area contributed by atoms with Crippen LogP contribution in [0.25, 0.3) is 0 Å². The van der Waals surface area contributed by atoms with Crippen molar-refractivity contribution in [1.82, 2.24) is 4.90 Å². The van der Waals surface area contributed by atoms with Gasteiger partial charge in [0.15, 0.2) is 0 Å². The second kappa shape index (κ2) is 4.84. The highest BCUT2D eigenvalue weighted by Gasteiger charge is 2.39. The van der Waals surface area contributed by atoms with Gasteiger partial charge >= 0.3 is 5.97 Å². The van der Waals surface area contributed by atoms with E-state index in [4.69, 9.17) is 5.11 Å².